The summed E-state index contributed by atoms with van der Waals surface area (Å²) >= 11 is 0. The van der Waals surface area contributed by atoms with Crippen LogP contribution >= 0.6 is 0 Å². The number of sulfonamides is 1. The predicted molar refractivity (Wildman–Crippen MR) is 167 cm³/mol. The van der Waals surface area contributed by atoms with E-state index in [4.69, 9.17) is 19.4 Å². The third-order valence-electron chi connectivity index (χ3n) is 7.16. The number of imidazole rings is 1. The van der Waals surface area contributed by atoms with Gasteiger partial charge in [-0.15, -0.1) is 0 Å². The maximum absolute atomic E-state index is 12.4. The van der Waals surface area contributed by atoms with Gasteiger partial charge in [-0.2, -0.15) is 5.26 Å². The van der Waals surface area contributed by atoms with E-state index in [-0.39, 0.29) is 11.9 Å². The van der Waals surface area contributed by atoms with Gasteiger partial charge in [-0.05, 0) is 50.5 Å². The van der Waals surface area contributed by atoms with Crippen LogP contribution in [0.4, 0.5) is 34.4 Å². The number of nitrogens with one attached hydrogen (secondary N) is 3. The summed E-state index contributed by atoms with van der Waals surface area (Å²) in [6.45, 7) is 3.60. The van der Waals surface area contributed by atoms with Gasteiger partial charge < -0.3 is 25.4 Å². The second-order valence-electron chi connectivity index (χ2n) is 10.2. The quantitative estimate of drug-likeness (QED) is 0.204. The molecule has 0 radical (unpaired) electrons. The lowest BCUT2D eigenvalue weighted by Crippen LogP contribution is -2.25. The topological polar surface area (TPSA) is 159 Å². The van der Waals surface area contributed by atoms with Gasteiger partial charge in [0.05, 0.1) is 35.6 Å². The molecule has 226 valence electrons. The Labute approximate surface area is 250 Å². The fourth-order valence-electron chi connectivity index (χ4n) is 4.96. The molecule has 1 saturated heterocycles. The summed E-state index contributed by atoms with van der Waals surface area (Å²) in [5.74, 6) is 1.63. The monoisotopic (exact) mass is 605 g/mol. The van der Waals surface area contributed by atoms with Crippen LogP contribution in [0.25, 0.3) is 11.2 Å². The number of hydrogen-bond donors (Lipinski definition) is 3. The first-order valence-electron chi connectivity index (χ1n) is 13.9. The zero-order valence-corrected chi connectivity index (χ0v) is 25.4. The van der Waals surface area contributed by atoms with Crippen molar-refractivity contribution < 1.29 is 17.9 Å². The highest BCUT2D eigenvalue weighted by Crippen LogP contribution is 2.36. The fraction of sp³-hybridized carbons (Fsp3) is 0.379. The highest BCUT2D eigenvalue weighted by Gasteiger charge is 2.24. The average Bonchev–Trinajstić information content (AvgIpc) is 3.33. The van der Waals surface area contributed by atoms with Crippen LogP contribution in [0.5, 0.6) is 0 Å². The molecule has 1 atom stereocenters. The normalized spacial score (nSPS) is 15.2. The first-order chi connectivity index (χ1) is 20.7. The summed E-state index contributed by atoms with van der Waals surface area (Å²) in [6.07, 6.45) is 3.82. The summed E-state index contributed by atoms with van der Waals surface area (Å²) in [6, 6.07) is 14.6. The van der Waals surface area contributed by atoms with Gasteiger partial charge in [0, 0.05) is 33.4 Å². The molecule has 0 saturated carbocycles. The van der Waals surface area contributed by atoms with E-state index in [1.807, 2.05) is 17.6 Å². The minimum absolute atomic E-state index is 0.209. The molecule has 14 heteroatoms. The van der Waals surface area contributed by atoms with Crippen LogP contribution in [0.2, 0.25) is 0 Å². The number of pyridine rings is 2. The van der Waals surface area contributed by atoms with Gasteiger partial charge in [0.1, 0.15) is 35.3 Å². The first-order valence-corrected chi connectivity index (χ1v) is 15.8. The first kappa shape index (κ1) is 30.0. The molecule has 1 unspecified atom stereocenters. The van der Waals surface area contributed by atoms with Gasteiger partial charge >= 0.3 is 0 Å². The van der Waals surface area contributed by atoms with Crippen molar-refractivity contribution in [3.63, 3.8) is 0 Å². The molecule has 43 heavy (non-hydrogen) atoms. The van der Waals surface area contributed by atoms with Gasteiger partial charge in [-0.1, -0.05) is 12.1 Å². The van der Waals surface area contributed by atoms with E-state index in [0.717, 1.165) is 31.3 Å². The summed E-state index contributed by atoms with van der Waals surface area (Å²) in [4.78, 5) is 14.2. The van der Waals surface area contributed by atoms with Crippen LogP contribution in [-0.2, 0) is 19.5 Å². The lowest BCUT2D eigenvalue weighted by molar-refractivity contribution is -0.0308. The molecule has 1 fully saturated rings. The second-order valence-corrected chi connectivity index (χ2v) is 12.2. The van der Waals surface area contributed by atoms with Crippen molar-refractivity contribution in [3.8, 4) is 6.07 Å². The SMILES string of the molecule is COCCNc1ccc(Nc2cc(Nc3ccccc3N(C)S(C)(=O)=O)c3nc(C)n(C4CCCCO4)c3n2)nc1C#N. The Balaban J connectivity index is 1.58. The van der Waals surface area contributed by atoms with Crippen LogP contribution < -0.4 is 20.3 Å². The van der Waals surface area contributed by atoms with Gasteiger partial charge in [0.25, 0.3) is 0 Å². The number of aryl methyl sites for hydroxylation is 1. The van der Waals surface area contributed by atoms with Crippen molar-refractivity contribution in [1.82, 2.24) is 19.5 Å². The van der Waals surface area contributed by atoms with Gasteiger partial charge in [-0.3, -0.25) is 8.87 Å². The Kier molecular flexibility index (Phi) is 8.95. The summed E-state index contributed by atoms with van der Waals surface area (Å²) < 4.78 is 39.2. The molecule has 3 aromatic heterocycles. The lowest BCUT2D eigenvalue weighted by Gasteiger charge is -2.25. The number of methoxy groups -OCH3 is 1. The number of fused-ring (bicyclic) bond motifs is 1. The Hall–Kier alpha value is -4.45. The number of anilines is 6. The Bertz CT molecular complexity index is 1760. The Morgan fingerprint density at radius 3 is 2.63 bits per heavy atom. The van der Waals surface area contributed by atoms with Crippen molar-refractivity contribution in [1.29, 1.82) is 5.26 Å². The molecule has 0 spiro atoms. The molecule has 4 heterocycles. The predicted octanol–water partition coefficient (Wildman–Crippen LogP) is 4.65. The van der Waals surface area contributed by atoms with E-state index in [1.54, 1.807) is 43.5 Å². The smallest absolute Gasteiger partial charge is 0.232 e. The highest BCUT2D eigenvalue weighted by atomic mass is 32.2. The van der Waals surface area contributed by atoms with Crippen molar-refractivity contribution in [2.45, 2.75) is 32.4 Å². The molecule has 3 N–H and O–H groups in total. The van der Waals surface area contributed by atoms with E-state index in [2.05, 4.69) is 27.0 Å². The Morgan fingerprint density at radius 1 is 1.09 bits per heavy atom. The molecule has 13 nitrogen and oxygen atoms in total. The maximum Gasteiger partial charge on any atom is 0.232 e. The summed E-state index contributed by atoms with van der Waals surface area (Å²) in [5.41, 5.74) is 3.71. The van der Waals surface area contributed by atoms with E-state index in [9.17, 15) is 13.7 Å². The third-order valence-corrected chi connectivity index (χ3v) is 8.35. The van der Waals surface area contributed by atoms with E-state index in [1.165, 1.54) is 11.4 Å². The van der Waals surface area contributed by atoms with Gasteiger partial charge in [0.2, 0.25) is 10.0 Å². The number of hydrogen-bond acceptors (Lipinski definition) is 11. The summed E-state index contributed by atoms with van der Waals surface area (Å²) in [5, 5.41) is 19.5. The Morgan fingerprint density at radius 2 is 1.91 bits per heavy atom. The van der Waals surface area contributed by atoms with Crippen LogP contribution in [-0.4, -0.2) is 68.1 Å². The molecule has 1 aliphatic heterocycles. The maximum atomic E-state index is 12.4. The van der Waals surface area contributed by atoms with Crippen LogP contribution in [0.3, 0.4) is 0 Å². The zero-order chi connectivity index (χ0) is 30.6. The minimum atomic E-state index is -3.51. The molecular formula is C29H35N9O4S. The number of benzene rings is 1. The van der Waals surface area contributed by atoms with Crippen molar-refractivity contribution >= 4 is 55.6 Å². The minimum Gasteiger partial charge on any atom is -0.383 e. The van der Waals surface area contributed by atoms with Crippen molar-refractivity contribution in [3.05, 3.63) is 54.0 Å². The average molecular weight is 606 g/mol. The van der Waals surface area contributed by atoms with Crippen molar-refractivity contribution in [2.24, 2.45) is 0 Å². The number of ether oxygens (including phenoxy) is 2. The molecular weight excluding hydrogens is 570 g/mol. The van der Waals surface area contributed by atoms with Crippen LogP contribution in [0.15, 0.2) is 42.5 Å². The summed E-state index contributed by atoms with van der Waals surface area (Å²) in [7, 11) is -0.388. The number of rotatable bonds is 11. The molecule has 1 aromatic carbocycles. The van der Waals surface area contributed by atoms with Crippen LogP contribution in [0.1, 0.15) is 37.0 Å². The van der Waals surface area contributed by atoms with Gasteiger partial charge in [-0.25, -0.2) is 23.4 Å². The van der Waals surface area contributed by atoms with E-state index in [0.29, 0.717) is 65.3 Å². The highest BCUT2D eigenvalue weighted by molar-refractivity contribution is 7.92. The van der Waals surface area contributed by atoms with E-state index >= 15 is 0 Å². The van der Waals surface area contributed by atoms with E-state index < -0.39 is 10.0 Å². The van der Waals surface area contributed by atoms with Gasteiger partial charge in [0.15, 0.2) is 11.3 Å². The fourth-order valence-corrected chi connectivity index (χ4v) is 5.47. The largest absolute Gasteiger partial charge is 0.383 e. The number of nitrogens with zero attached hydrogens (tertiary/aromatic N) is 6. The molecule has 0 aliphatic carbocycles. The molecule has 4 aromatic rings. The molecule has 0 amide bonds. The molecule has 0 bridgehead atoms. The third kappa shape index (κ3) is 6.64. The second kappa shape index (κ2) is 12.8. The number of aromatic nitrogens is 4. The van der Waals surface area contributed by atoms with Crippen LogP contribution in [0, 0.1) is 18.3 Å². The number of nitriles is 1. The zero-order valence-electron chi connectivity index (χ0n) is 24.6. The molecule has 1 aliphatic rings. The molecule has 5 rings (SSSR count). The standard InChI is InChI=1S/C29H35N9O4S/c1-19-32-28-22(33-21-9-5-6-10-24(21)37(2)43(4,39)40)17-26(36-29(28)38(19)27-11-7-8-15-42-27)35-25-13-12-20(23(18-30)34-25)31-14-16-41-3/h5-6,9-10,12-13,17,27,31H,7-8,11,14-16H2,1-4H3,(H2,33,34,35,36). The van der Waals surface area contributed by atoms with Crippen molar-refractivity contribution in [2.75, 3.05) is 60.4 Å². The number of para-hydroxylation sites is 2. The lowest BCUT2D eigenvalue weighted by atomic mass is 10.2.